The van der Waals surface area contributed by atoms with Gasteiger partial charge in [-0.15, -0.1) is 0 Å². The molecule has 1 atom stereocenters. The molecule has 2 aliphatic heterocycles. The summed E-state index contributed by atoms with van der Waals surface area (Å²) in [6, 6.07) is 11.4. The molecule has 7 nitrogen and oxygen atoms in total. The predicted octanol–water partition coefficient (Wildman–Crippen LogP) is 3.70. The van der Waals surface area contributed by atoms with E-state index in [1.165, 1.54) is 0 Å². The molecule has 1 amide bonds. The number of nitrogens with zero attached hydrogens (tertiary/aromatic N) is 3. The van der Waals surface area contributed by atoms with Gasteiger partial charge in [-0.25, -0.2) is 0 Å². The summed E-state index contributed by atoms with van der Waals surface area (Å²) in [5, 5.41) is 0.660. The molecule has 2 aliphatic rings. The zero-order chi connectivity index (χ0) is 24.0. The Morgan fingerprint density at radius 3 is 2.53 bits per heavy atom. The molecule has 2 fully saturated rings. The minimum Gasteiger partial charge on any atom is -0.491 e. The van der Waals surface area contributed by atoms with Crippen LogP contribution in [0, 0.1) is 0 Å². The van der Waals surface area contributed by atoms with E-state index in [0.717, 1.165) is 57.1 Å². The van der Waals surface area contributed by atoms with Gasteiger partial charge < -0.3 is 23.7 Å². The van der Waals surface area contributed by atoms with Gasteiger partial charge in [0.1, 0.15) is 29.5 Å². The average molecular weight is 490 g/mol. The molecule has 34 heavy (non-hydrogen) atoms. The first-order valence-electron chi connectivity index (χ1n) is 12.2. The van der Waals surface area contributed by atoms with Gasteiger partial charge >= 0.3 is 0 Å². The van der Waals surface area contributed by atoms with E-state index in [-0.39, 0.29) is 5.91 Å². The van der Waals surface area contributed by atoms with E-state index < -0.39 is 5.60 Å². The third-order valence-corrected chi connectivity index (χ3v) is 6.82. The minimum atomic E-state index is -0.725. The standard InChI is InChI=1S/C26H36ClN3O4/c1-3-4-23-9-10-24(34-23)18-29-15-16-33-26(19-29,20-32-22-7-5-21(27)6-8-22)17-25(31)30-13-11-28(2)12-14-30/h5-10H,3-4,11-20H2,1-2H3/t26-/m1/s1. The SMILES string of the molecule is CCCc1ccc(CN2CCO[C@](COc3ccc(Cl)cc3)(CC(=O)N3CCN(C)CC3)C2)o1. The quantitative estimate of drug-likeness (QED) is 0.535. The molecule has 2 aromatic rings. The number of amides is 1. The van der Waals surface area contributed by atoms with E-state index in [0.29, 0.717) is 43.5 Å². The highest BCUT2D eigenvalue weighted by Gasteiger charge is 2.41. The van der Waals surface area contributed by atoms with Crippen LogP contribution in [0.4, 0.5) is 0 Å². The fourth-order valence-electron chi connectivity index (χ4n) is 4.60. The molecule has 1 aromatic carbocycles. The van der Waals surface area contributed by atoms with Gasteiger partial charge in [0.05, 0.1) is 19.6 Å². The Morgan fingerprint density at radius 2 is 1.79 bits per heavy atom. The maximum atomic E-state index is 13.3. The number of halogens is 1. The summed E-state index contributed by atoms with van der Waals surface area (Å²) >= 11 is 6.02. The second kappa shape index (κ2) is 11.6. The highest BCUT2D eigenvalue weighted by molar-refractivity contribution is 6.30. The van der Waals surface area contributed by atoms with Crippen LogP contribution in [0.25, 0.3) is 0 Å². The molecule has 4 rings (SSSR count). The normalized spacial score (nSPS) is 22.1. The predicted molar refractivity (Wildman–Crippen MR) is 132 cm³/mol. The van der Waals surface area contributed by atoms with Gasteiger partial charge in [0.15, 0.2) is 0 Å². The molecule has 1 aromatic heterocycles. The molecule has 0 saturated carbocycles. The Kier molecular flexibility index (Phi) is 8.53. The second-order valence-electron chi connectivity index (χ2n) is 9.46. The van der Waals surface area contributed by atoms with Crippen LogP contribution in [0.5, 0.6) is 5.75 Å². The zero-order valence-electron chi connectivity index (χ0n) is 20.3. The first-order chi connectivity index (χ1) is 16.4. The van der Waals surface area contributed by atoms with Gasteiger partial charge in [-0.2, -0.15) is 0 Å². The monoisotopic (exact) mass is 489 g/mol. The molecule has 8 heteroatoms. The van der Waals surface area contributed by atoms with Crippen molar-refractivity contribution in [2.45, 2.75) is 38.3 Å². The Balaban J connectivity index is 1.45. The molecular weight excluding hydrogens is 454 g/mol. The fraction of sp³-hybridized carbons (Fsp3) is 0.577. The van der Waals surface area contributed by atoms with Gasteiger partial charge in [0.2, 0.25) is 5.91 Å². The van der Waals surface area contributed by atoms with Crippen molar-refractivity contribution >= 4 is 17.5 Å². The van der Waals surface area contributed by atoms with E-state index >= 15 is 0 Å². The lowest BCUT2D eigenvalue weighted by molar-refractivity contribution is -0.158. The molecular formula is C26H36ClN3O4. The summed E-state index contributed by atoms with van der Waals surface area (Å²) in [5.74, 6) is 2.81. The number of furan rings is 1. The lowest BCUT2D eigenvalue weighted by Crippen LogP contribution is -2.58. The third kappa shape index (κ3) is 6.75. The van der Waals surface area contributed by atoms with E-state index in [2.05, 4.69) is 35.9 Å². The van der Waals surface area contributed by atoms with Crippen molar-refractivity contribution in [3.8, 4) is 5.75 Å². The second-order valence-corrected chi connectivity index (χ2v) is 9.90. The van der Waals surface area contributed by atoms with Crippen molar-refractivity contribution in [1.82, 2.24) is 14.7 Å². The number of aryl methyl sites for hydroxylation is 1. The van der Waals surface area contributed by atoms with Gasteiger partial charge in [0.25, 0.3) is 0 Å². The van der Waals surface area contributed by atoms with Crippen molar-refractivity contribution in [1.29, 1.82) is 0 Å². The molecule has 0 N–H and O–H groups in total. The molecule has 0 aliphatic carbocycles. The van der Waals surface area contributed by atoms with E-state index in [1.54, 1.807) is 12.1 Å². The fourth-order valence-corrected chi connectivity index (χ4v) is 4.73. The molecule has 2 saturated heterocycles. The third-order valence-electron chi connectivity index (χ3n) is 6.57. The Morgan fingerprint density at radius 1 is 1.06 bits per heavy atom. The highest BCUT2D eigenvalue weighted by Crippen LogP contribution is 2.27. The van der Waals surface area contributed by atoms with Crippen molar-refractivity contribution in [3.63, 3.8) is 0 Å². The number of hydrogen-bond donors (Lipinski definition) is 0. The van der Waals surface area contributed by atoms with Gasteiger partial charge in [-0.05, 0) is 49.9 Å². The van der Waals surface area contributed by atoms with E-state index in [9.17, 15) is 4.79 Å². The lowest BCUT2D eigenvalue weighted by Gasteiger charge is -2.43. The summed E-state index contributed by atoms with van der Waals surface area (Å²) < 4.78 is 18.5. The molecule has 186 valence electrons. The topological polar surface area (TPSA) is 58.4 Å². The van der Waals surface area contributed by atoms with Crippen molar-refractivity contribution < 1.29 is 18.7 Å². The minimum absolute atomic E-state index is 0.123. The first kappa shape index (κ1) is 25.0. The van der Waals surface area contributed by atoms with Crippen LogP contribution in [-0.4, -0.2) is 85.7 Å². The summed E-state index contributed by atoms with van der Waals surface area (Å²) in [6.07, 6.45) is 2.30. The van der Waals surface area contributed by atoms with Gasteiger partial charge in [-0.3, -0.25) is 9.69 Å². The number of ether oxygens (including phenoxy) is 2. The summed E-state index contributed by atoms with van der Waals surface area (Å²) in [4.78, 5) is 19.8. The van der Waals surface area contributed by atoms with Crippen molar-refractivity contribution in [3.05, 3.63) is 52.9 Å². The zero-order valence-corrected chi connectivity index (χ0v) is 21.1. The van der Waals surface area contributed by atoms with Crippen molar-refractivity contribution in [2.75, 3.05) is 59.5 Å². The summed E-state index contributed by atoms with van der Waals surface area (Å²) in [5.41, 5.74) is -0.725. The Bertz CT molecular complexity index is 926. The first-order valence-corrected chi connectivity index (χ1v) is 12.6. The van der Waals surface area contributed by atoms with Crippen molar-refractivity contribution in [2.24, 2.45) is 0 Å². The summed E-state index contributed by atoms with van der Waals surface area (Å²) in [6.45, 7) is 8.36. The number of carbonyl (C=O) groups excluding carboxylic acids is 1. The van der Waals surface area contributed by atoms with Gasteiger partial charge in [-0.1, -0.05) is 18.5 Å². The van der Waals surface area contributed by atoms with Gasteiger partial charge in [0, 0.05) is 50.7 Å². The number of morpholine rings is 1. The van der Waals surface area contributed by atoms with Crippen LogP contribution >= 0.6 is 11.6 Å². The van der Waals surface area contributed by atoms with Crippen LogP contribution in [0.2, 0.25) is 5.02 Å². The Labute approximate surface area is 207 Å². The Hall–Kier alpha value is -2.06. The smallest absolute Gasteiger partial charge is 0.225 e. The van der Waals surface area contributed by atoms with Crippen LogP contribution in [0.3, 0.4) is 0 Å². The number of likely N-dealkylation sites (N-methyl/N-ethyl adjacent to an activating group) is 1. The van der Waals surface area contributed by atoms with Crippen LogP contribution < -0.4 is 4.74 Å². The highest BCUT2D eigenvalue weighted by atomic mass is 35.5. The number of piperazine rings is 1. The number of hydrogen-bond acceptors (Lipinski definition) is 6. The summed E-state index contributed by atoms with van der Waals surface area (Å²) in [7, 11) is 2.09. The van der Waals surface area contributed by atoms with Crippen LogP contribution in [0.1, 0.15) is 31.3 Å². The number of rotatable bonds is 9. The largest absolute Gasteiger partial charge is 0.491 e. The van der Waals surface area contributed by atoms with E-state index in [1.807, 2.05) is 17.0 Å². The molecule has 0 unspecified atom stereocenters. The lowest BCUT2D eigenvalue weighted by atomic mass is 9.96. The van der Waals surface area contributed by atoms with E-state index in [4.69, 9.17) is 25.5 Å². The molecule has 0 radical (unpaired) electrons. The molecule has 3 heterocycles. The van der Waals surface area contributed by atoms with Crippen LogP contribution in [-0.2, 0) is 22.5 Å². The number of benzene rings is 1. The van der Waals surface area contributed by atoms with Crippen LogP contribution in [0.15, 0.2) is 40.8 Å². The maximum Gasteiger partial charge on any atom is 0.225 e. The molecule has 0 spiro atoms. The average Bonchev–Trinajstić information content (AvgIpc) is 3.26. The number of carbonyl (C=O) groups is 1. The molecule has 0 bridgehead atoms. The maximum absolute atomic E-state index is 13.3.